The van der Waals surface area contributed by atoms with Crippen molar-refractivity contribution < 1.29 is 13.6 Å². The van der Waals surface area contributed by atoms with Gasteiger partial charge >= 0.3 is 0 Å². The van der Waals surface area contributed by atoms with Crippen LogP contribution in [0.5, 0.6) is 0 Å². The number of hydrogen-bond acceptors (Lipinski definition) is 4. The summed E-state index contributed by atoms with van der Waals surface area (Å²) in [6.45, 7) is 2.06. The van der Waals surface area contributed by atoms with Crippen LogP contribution in [0.3, 0.4) is 0 Å². The van der Waals surface area contributed by atoms with E-state index in [1.54, 1.807) is 23.1 Å². The maximum Gasteiger partial charge on any atom is 0.256 e. The summed E-state index contributed by atoms with van der Waals surface area (Å²) in [6.07, 6.45) is 0.609. The van der Waals surface area contributed by atoms with Crippen LogP contribution >= 0.6 is 0 Å². The fourth-order valence-corrected chi connectivity index (χ4v) is 3.86. The molecule has 2 heterocycles. The number of rotatable bonds is 4. The zero-order valence-corrected chi connectivity index (χ0v) is 16.7. The number of piperazine rings is 1. The van der Waals surface area contributed by atoms with Gasteiger partial charge in [0.15, 0.2) is 0 Å². The Morgan fingerprint density at radius 1 is 1.03 bits per heavy atom. The van der Waals surface area contributed by atoms with E-state index in [4.69, 9.17) is 5.26 Å². The summed E-state index contributed by atoms with van der Waals surface area (Å²) in [5.74, 6) is -0.960. The number of aryl methyl sites for hydroxylation is 1. The minimum Gasteiger partial charge on any atom is -0.368 e. The fourth-order valence-electron chi connectivity index (χ4n) is 3.86. The van der Waals surface area contributed by atoms with Crippen LogP contribution in [-0.2, 0) is 11.2 Å². The van der Waals surface area contributed by atoms with E-state index < -0.39 is 11.6 Å². The summed E-state index contributed by atoms with van der Waals surface area (Å²) in [7, 11) is 0. The van der Waals surface area contributed by atoms with Crippen molar-refractivity contribution in [1.82, 2.24) is 9.88 Å². The Morgan fingerprint density at radius 3 is 2.55 bits per heavy atom. The second kappa shape index (κ2) is 8.56. The third kappa shape index (κ3) is 4.56. The Bertz CT molecular complexity index is 1240. The molecule has 0 atom stereocenters. The molecule has 0 aliphatic carbocycles. The Labute approximate surface area is 177 Å². The molecule has 1 amide bonds. The van der Waals surface area contributed by atoms with Crippen molar-refractivity contribution in [3.63, 3.8) is 0 Å². The van der Waals surface area contributed by atoms with Crippen molar-refractivity contribution in [3.8, 4) is 6.07 Å². The largest absolute Gasteiger partial charge is 0.368 e. The zero-order valence-electron chi connectivity index (χ0n) is 16.7. The molecule has 0 saturated carbocycles. The summed E-state index contributed by atoms with van der Waals surface area (Å²) < 4.78 is 27.0. The Kier molecular flexibility index (Phi) is 5.67. The second-order valence-electron chi connectivity index (χ2n) is 7.53. The normalized spacial score (nSPS) is 14.0. The number of nitriles is 1. The summed E-state index contributed by atoms with van der Waals surface area (Å²) in [4.78, 5) is 31.2. The van der Waals surface area contributed by atoms with E-state index in [1.807, 2.05) is 11.0 Å². The lowest BCUT2D eigenvalue weighted by Gasteiger charge is -2.36. The van der Waals surface area contributed by atoms with E-state index in [0.717, 1.165) is 0 Å². The minimum absolute atomic E-state index is 0.0309. The number of pyridine rings is 1. The number of anilines is 1. The van der Waals surface area contributed by atoms with Gasteiger partial charge in [0.2, 0.25) is 5.91 Å². The average Bonchev–Trinajstić information content (AvgIpc) is 2.77. The smallest absolute Gasteiger partial charge is 0.256 e. The van der Waals surface area contributed by atoms with Crippen LogP contribution in [0, 0.1) is 23.0 Å². The van der Waals surface area contributed by atoms with Crippen molar-refractivity contribution in [2.75, 3.05) is 31.1 Å². The number of aromatic amines is 1. The number of H-pyrrole nitrogens is 1. The highest BCUT2D eigenvalue weighted by Crippen LogP contribution is 2.20. The van der Waals surface area contributed by atoms with Gasteiger partial charge in [0.1, 0.15) is 11.6 Å². The van der Waals surface area contributed by atoms with Crippen LogP contribution in [0.2, 0.25) is 0 Å². The molecule has 8 heteroatoms. The van der Waals surface area contributed by atoms with Crippen LogP contribution in [0.4, 0.5) is 14.5 Å². The number of halogens is 2. The van der Waals surface area contributed by atoms with Gasteiger partial charge < -0.3 is 14.8 Å². The lowest BCUT2D eigenvalue weighted by molar-refractivity contribution is -0.131. The van der Waals surface area contributed by atoms with Crippen LogP contribution in [0.25, 0.3) is 10.8 Å². The molecule has 2 aromatic carbocycles. The van der Waals surface area contributed by atoms with E-state index in [2.05, 4.69) is 4.98 Å². The molecule has 4 rings (SSSR count). The van der Waals surface area contributed by atoms with Crippen molar-refractivity contribution >= 4 is 22.4 Å². The molecule has 1 fully saturated rings. The molecule has 0 unspecified atom stereocenters. The summed E-state index contributed by atoms with van der Waals surface area (Å²) in [6, 6.07) is 12.0. The second-order valence-corrected chi connectivity index (χ2v) is 7.53. The number of fused-ring (bicyclic) bond motifs is 1. The molecule has 3 aromatic rings. The van der Waals surface area contributed by atoms with Crippen molar-refractivity contribution in [2.45, 2.75) is 12.8 Å². The third-order valence-electron chi connectivity index (χ3n) is 5.48. The Hall–Kier alpha value is -3.73. The van der Waals surface area contributed by atoms with Gasteiger partial charge in [-0.15, -0.1) is 0 Å². The predicted octanol–water partition coefficient (Wildman–Crippen LogP) is 2.96. The van der Waals surface area contributed by atoms with E-state index in [0.29, 0.717) is 49.4 Å². The van der Waals surface area contributed by atoms with Crippen molar-refractivity contribution in [3.05, 3.63) is 75.7 Å². The number of nitrogens with zero attached hydrogens (tertiary/aromatic N) is 3. The summed E-state index contributed by atoms with van der Waals surface area (Å²) >= 11 is 0. The van der Waals surface area contributed by atoms with Crippen molar-refractivity contribution in [1.29, 1.82) is 5.26 Å². The molecule has 1 aromatic heterocycles. The molecule has 6 nitrogen and oxygen atoms in total. The van der Waals surface area contributed by atoms with Gasteiger partial charge in [0.25, 0.3) is 5.56 Å². The highest BCUT2D eigenvalue weighted by Gasteiger charge is 2.22. The number of hydrogen-bond donors (Lipinski definition) is 1. The molecule has 1 aliphatic rings. The molecule has 1 N–H and O–H groups in total. The summed E-state index contributed by atoms with van der Waals surface area (Å²) in [5, 5.41) is 9.93. The molecule has 0 bridgehead atoms. The van der Waals surface area contributed by atoms with Gasteiger partial charge in [-0.3, -0.25) is 9.59 Å². The zero-order chi connectivity index (χ0) is 22.0. The number of carbonyl (C=O) groups is 1. The van der Waals surface area contributed by atoms with Gasteiger partial charge in [-0.1, -0.05) is 6.07 Å². The minimum atomic E-state index is -0.470. The third-order valence-corrected chi connectivity index (χ3v) is 5.48. The maximum atomic E-state index is 13.7. The number of carbonyl (C=O) groups excluding carboxylic acids is 1. The average molecular weight is 422 g/mol. The molecule has 1 saturated heterocycles. The SMILES string of the molecule is N#Cc1cc(F)cc(N2CCN(C(=O)CCc3cc4ccc(F)cc4c(=O)[nH]3)CC2)c1. The first-order valence-corrected chi connectivity index (χ1v) is 9.98. The van der Waals surface area contributed by atoms with Crippen LogP contribution < -0.4 is 10.5 Å². The van der Waals surface area contributed by atoms with E-state index in [-0.39, 0.29) is 28.8 Å². The fraction of sp³-hybridized carbons (Fsp3) is 0.261. The first kappa shape index (κ1) is 20.5. The Morgan fingerprint density at radius 2 is 1.81 bits per heavy atom. The van der Waals surface area contributed by atoms with E-state index >= 15 is 0 Å². The lowest BCUT2D eigenvalue weighted by atomic mass is 10.1. The highest BCUT2D eigenvalue weighted by atomic mass is 19.1. The maximum absolute atomic E-state index is 13.7. The van der Waals surface area contributed by atoms with Crippen LogP contribution in [0.1, 0.15) is 17.7 Å². The molecule has 158 valence electrons. The molecular weight excluding hydrogens is 402 g/mol. The molecular formula is C23H20F2N4O2. The molecule has 0 spiro atoms. The first-order valence-electron chi connectivity index (χ1n) is 9.98. The van der Waals surface area contributed by atoms with Crippen molar-refractivity contribution in [2.24, 2.45) is 0 Å². The van der Waals surface area contributed by atoms with Crippen LogP contribution in [0.15, 0.2) is 47.3 Å². The lowest BCUT2D eigenvalue weighted by Crippen LogP contribution is -2.48. The Balaban J connectivity index is 1.36. The monoisotopic (exact) mass is 422 g/mol. The molecule has 0 radical (unpaired) electrons. The van der Waals surface area contributed by atoms with Gasteiger partial charge in [0, 0.05) is 49.4 Å². The molecule has 31 heavy (non-hydrogen) atoms. The molecule has 1 aliphatic heterocycles. The quantitative estimate of drug-likeness (QED) is 0.701. The number of aromatic nitrogens is 1. The van der Waals surface area contributed by atoms with E-state index in [1.165, 1.54) is 24.3 Å². The van der Waals surface area contributed by atoms with Gasteiger partial charge in [-0.2, -0.15) is 5.26 Å². The topological polar surface area (TPSA) is 80.2 Å². The van der Waals surface area contributed by atoms with E-state index in [9.17, 15) is 18.4 Å². The standard InChI is InChI=1S/C23H20F2N4O2/c24-17-2-1-16-11-19(27-23(31)21(16)13-17)3-4-22(30)29-7-5-28(6-8-29)20-10-15(14-26)9-18(25)12-20/h1-2,9-13H,3-8H2,(H,27,31). The number of benzene rings is 2. The number of amides is 1. The van der Waals surface area contributed by atoms with Gasteiger partial charge in [-0.25, -0.2) is 8.78 Å². The first-order chi connectivity index (χ1) is 14.9. The predicted molar refractivity (Wildman–Crippen MR) is 113 cm³/mol. The summed E-state index contributed by atoms with van der Waals surface area (Å²) in [5.41, 5.74) is 1.15. The highest BCUT2D eigenvalue weighted by molar-refractivity contribution is 5.82. The van der Waals surface area contributed by atoms with Gasteiger partial charge in [-0.05, 0) is 48.2 Å². The van der Waals surface area contributed by atoms with Gasteiger partial charge in [0.05, 0.1) is 11.6 Å². The number of nitrogens with one attached hydrogen (secondary N) is 1. The van der Waals surface area contributed by atoms with Crippen LogP contribution in [-0.4, -0.2) is 42.0 Å².